The maximum atomic E-state index is 5.34. The Morgan fingerprint density at radius 2 is 1.88 bits per heavy atom. The molecule has 0 bridgehead atoms. The second-order valence-corrected chi connectivity index (χ2v) is 8.58. The summed E-state index contributed by atoms with van der Waals surface area (Å²) in [7, 11) is 1.81. The zero-order valence-corrected chi connectivity index (χ0v) is 16.7. The van der Waals surface area contributed by atoms with Gasteiger partial charge in [0.15, 0.2) is 11.8 Å². The number of hydrogen-bond donors (Lipinski definition) is 2. The molecule has 1 aromatic heterocycles. The van der Waals surface area contributed by atoms with E-state index in [0.29, 0.717) is 24.3 Å². The third-order valence-corrected chi connectivity index (χ3v) is 5.46. The van der Waals surface area contributed by atoms with Gasteiger partial charge in [-0.2, -0.15) is 4.98 Å². The molecule has 2 aliphatic rings. The summed E-state index contributed by atoms with van der Waals surface area (Å²) in [6, 6.07) is 1.32. The first-order valence-electron chi connectivity index (χ1n) is 10.00. The van der Waals surface area contributed by atoms with Crippen molar-refractivity contribution >= 4 is 5.96 Å². The molecule has 0 aromatic carbocycles. The van der Waals surface area contributed by atoms with Crippen molar-refractivity contribution in [3.63, 3.8) is 0 Å². The highest BCUT2D eigenvalue weighted by Gasteiger charge is 2.27. The summed E-state index contributed by atoms with van der Waals surface area (Å²) in [6.07, 6.45) is 7.95. The fourth-order valence-corrected chi connectivity index (χ4v) is 3.86. The monoisotopic (exact) mass is 362 g/mol. The Kier molecular flexibility index (Phi) is 6.16. The van der Waals surface area contributed by atoms with E-state index in [2.05, 4.69) is 51.4 Å². The Balaban J connectivity index is 1.43. The fourth-order valence-electron chi connectivity index (χ4n) is 3.86. The van der Waals surface area contributed by atoms with Crippen LogP contribution in [-0.4, -0.2) is 53.2 Å². The van der Waals surface area contributed by atoms with E-state index in [4.69, 9.17) is 4.52 Å². The Morgan fingerprint density at radius 1 is 1.19 bits per heavy atom. The molecule has 1 saturated carbocycles. The summed E-state index contributed by atoms with van der Waals surface area (Å²) in [5, 5.41) is 10.9. The second kappa shape index (κ2) is 8.37. The molecular weight excluding hydrogens is 328 g/mol. The van der Waals surface area contributed by atoms with E-state index in [-0.39, 0.29) is 5.41 Å². The first kappa shape index (κ1) is 19.1. The molecule has 0 spiro atoms. The molecule has 0 atom stereocenters. The summed E-state index contributed by atoms with van der Waals surface area (Å²) in [5.41, 5.74) is -0.127. The van der Waals surface area contributed by atoms with Crippen molar-refractivity contribution in [1.82, 2.24) is 25.7 Å². The number of nitrogens with zero attached hydrogens (tertiary/aromatic N) is 4. The standard InChI is InChI=1S/C19H34N6O/c1-19(2,3)17-23-16(24-26-17)13-21-18(20-4)22-14-9-11-25(12-10-14)15-7-5-6-8-15/h14-15H,5-13H2,1-4H3,(H2,20,21,22). The molecule has 1 aromatic rings. The van der Waals surface area contributed by atoms with E-state index in [1.807, 2.05) is 0 Å². The molecule has 0 unspecified atom stereocenters. The topological polar surface area (TPSA) is 78.6 Å². The van der Waals surface area contributed by atoms with Gasteiger partial charge in [-0.05, 0) is 25.7 Å². The third kappa shape index (κ3) is 4.96. The highest BCUT2D eigenvalue weighted by atomic mass is 16.5. The Morgan fingerprint density at radius 3 is 2.46 bits per heavy atom. The van der Waals surface area contributed by atoms with Gasteiger partial charge in [-0.3, -0.25) is 4.99 Å². The van der Waals surface area contributed by atoms with E-state index in [0.717, 1.165) is 12.0 Å². The average Bonchev–Trinajstić information content (AvgIpc) is 3.30. The van der Waals surface area contributed by atoms with E-state index in [1.165, 1.54) is 51.6 Å². The predicted molar refractivity (Wildman–Crippen MR) is 103 cm³/mol. The molecule has 2 fully saturated rings. The van der Waals surface area contributed by atoms with Gasteiger partial charge >= 0.3 is 0 Å². The lowest BCUT2D eigenvalue weighted by Crippen LogP contribution is -2.50. The highest BCUT2D eigenvalue weighted by Crippen LogP contribution is 2.26. The predicted octanol–water partition coefficient (Wildman–Crippen LogP) is 2.44. The molecule has 2 heterocycles. The minimum Gasteiger partial charge on any atom is -0.354 e. The van der Waals surface area contributed by atoms with Crippen molar-refractivity contribution in [2.75, 3.05) is 20.1 Å². The fraction of sp³-hybridized carbons (Fsp3) is 0.842. The summed E-state index contributed by atoms with van der Waals surface area (Å²) in [4.78, 5) is 11.5. The van der Waals surface area contributed by atoms with Crippen LogP contribution in [0.3, 0.4) is 0 Å². The number of hydrogen-bond acceptors (Lipinski definition) is 5. The van der Waals surface area contributed by atoms with Gasteiger partial charge in [-0.15, -0.1) is 0 Å². The quantitative estimate of drug-likeness (QED) is 0.633. The van der Waals surface area contributed by atoms with Gasteiger partial charge in [0.05, 0.1) is 6.54 Å². The Hall–Kier alpha value is -1.63. The third-order valence-electron chi connectivity index (χ3n) is 5.46. The molecule has 0 amide bonds. The average molecular weight is 363 g/mol. The van der Waals surface area contributed by atoms with Gasteiger partial charge in [0.2, 0.25) is 5.89 Å². The number of aliphatic imine (C=N–C) groups is 1. The van der Waals surface area contributed by atoms with Crippen molar-refractivity contribution in [3.8, 4) is 0 Å². The van der Waals surface area contributed by atoms with Crippen molar-refractivity contribution in [2.45, 2.75) is 83.3 Å². The maximum absolute atomic E-state index is 5.34. The molecule has 1 saturated heterocycles. The lowest BCUT2D eigenvalue weighted by Gasteiger charge is -2.36. The lowest BCUT2D eigenvalue weighted by molar-refractivity contribution is 0.150. The second-order valence-electron chi connectivity index (χ2n) is 8.58. The zero-order chi connectivity index (χ0) is 18.6. The van der Waals surface area contributed by atoms with Crippen LogP contribution in [0, 0.1) is 0 Å². The van der Waals surface area contributed by atoms with Crippen LogP contribution in [0.25, 0.3) is 0 Å². The molecule has 2 N–H and O–H groups in total. The molecule has 1 aliphatic carbocycles. The van der Waals surface area contributed by atoms with Gasteiger partial charge < -0.3 is 20.1 Å². The van der Waals surface area contributed by atoms with Crippen LogP contribution >= 0.6 is 0 Å². The van der Waals surface area contributed by atoms with Crippen molar-refractivity contribution < 1.29 is 4.52 Å². The van der Waals surface area contributed by atoms with Crippen molar-refractivity contribution in [1.29, 1.82) is 0 Å². The molecule has 1 aliphatic heterocycles. The number of piperidine rings is 1. The Labute approximate surface area is 157 Å². The SMILES string of the molecule is CN=C(NCc1noc(C(C)(C)C)n1)NC1CCN(C2CCCC2)CC1. The summed E-state index contributed by atoms with van der Waals surface area (Å²) >= 11 is 0. The van der Waals surface area contributed by atoms with Crippen LogP contribution in [-0.2, 0) is 12.0 Å². The molecule has 7 heteroatoms. The number of rotatable bonds is 4. The Bertz CT molecular complexity index is 591. The van der Waals surface area contributed by atoms with E-state index in [1.54, 1.807) is 7.05 Å². The van der Waals surface area contributed by atoms with Crippen LogP contribution in [0.2, 0.25) is 0 Å². The minimum absolute atomic E-state index is 0.127. The first-order valence-corrected chi connectivity index (χ1v) is 10.00. The smallest absolute Gasteiger partial charge is 0.232 e. The normalized spacial score (nSPS) is 21.3. The minimum atomic E-state index is -0.127. The van der Waals surface area contributed by atoms with Crippen LogP contribution in [0.4, 0.5) is 0 Å². The maximum Gasteiger partial charge on any atom is 0.232 e. The zero-order valence-electron chi connectivity index (χ0n) is 16.7. The van der Waals surface area contributed by atoms with Crippen LogP contribution in [0.15, 0.2) is 9.52 Å². The highest BCUT2D eigenvalue weighted by molar-refractivity contribution is 5.79. The largest absolute Gasteiger partial charge is 0.354 e. The lowest BCUT2D eigenvalue weighted by atomic mass is 9.97. The van der Waals surface area contributed by atoms with E-state index < -0.39 is 0 Å². The van der Waals surface area contributed by atoms with Gasteiger partial charge in [0.1, 0.15) is 0 Å². The van der Waals surface area contributed by atoms with Crippen molar-refractivity contribution in [2.24, 2.45) is 4.99 Å². The van der Waals surface area contributed by atoms with Gasteiger partial charge in [-0.25, -0.2) is 0 Å². The van der Waals surface area contributed by atoms with Gasteiger partial charge in [-0.1, -0.05) is 38.8 Å². The van der Waals surface area contributed by atoms with Crippen LogP contribution in [0.1, 0.15) is 71.0 Å². The molecule has 7 nitrogen and oxygen atoms in total. The number of guanidine groups is 1. The van der Waals surface area contributed by atoms with E-state index >= 15 is 0 Å². The molecular formula is C19H34N6O. The van der Waals surface area contributed by atoms with Crippen LogP contribution < -0.4 is 10.6 Å². The number of nitrogens with one attached hydrogen (secondary N) is 2. The molecule has 3 rings (SSSR count). The first-order chi connectivity index (χ1) is 12.5. The number of aromatic nitrogens is 2. The molecule has 0 radical (unpaired) electrons. The summed E-state index contributed by atoms with van der Waals surface area (Å²) in [6.45, 7) is 9.10. The summed E-state index contributed by atoms with van der Waals surface area (Å²) < 4.78 is 5.34. The van der Waals surface area contributed by atoms with Gasteiger partial charge in [0.25, 0.3) is 0 Å². The molecule has 146 valence electrons. The van der Waals surface area contributed by atoms with Crippen molar-refractivity contribution in [3.05, 3.63) is 11.7 Å². The summed E-state index contributed by atoms with van der Waals surface area (Å²) in [5.74, 6) is 2.14. The van der Waals surface area contributed by atoms with E-state index in [9.17, 15) is 0 Å². The van der Waals surface area contributed by atoms with Crippen LogP contribution in [0.5, 0.6) is 0 Å². The molecule has 26 heavy (non-hydrogen) atoms. The van der Waals surface area contributed by atoms with Gasteiger partial charge in [0, 0.05) is 37.6 Å². The number of likely N-dealkylation sites (tertiary alicyclic amines) is 1.